The summed E-state index contributed by atoms with van der Waals surface area (Å²) in [4.78, 5) is 26.6. The lowest BCUT2D eigenvalue weighted by Gasteiger charge is -2.31. The minimum Gasteiger partial charge on any atom is -0.481 e. The fraction of sp³-hybridized carbons (Fsp3) is 0.529. The van der Waals surface area contributed by atoms with E-state index in [0.717, 1.165) is 29.9 Å². The van der Waals surface area contributed by atoms with Crippen LogP contribution in [0, 0.1) is 5.92 Å². The molecule has 1 aromatic carbocycles. The zero-order valence-corrected chi connectivity index (χ0v) is 13.8. The Morgan fingerprint density at radius 3 is 2.86 bits per heavy atom. The summed E-state index contributed by atoms with van der Waals surface area (Å²) in [7, 11) is 0. The van der Waals surface area contributed by atoms with E-state index in [1.54, 1.807) is 16.7 Å². The smallest absolute Gasteiger partial charge is 0.308 e. The maximum absolute atomic E-state index is 12.7. The minimum atomic E-state index is -0.803. The lowest BCUT2D eigenvalue weighted by Crippen LogP contribution is -2.42. The molecule has 0 bridgehead atoms. The Labute approximate surface area is 135 Å². The van der Waals surface area contributed by atoms with E-state index in [1.807, 2.05) is 24.3 Å². The highest BCUT2D eigenvalue weighted by Crippen LogP contribution is 2.26. The first kappa shape index (κ1) is 16.9. The predicted molar refractivity (Wildman–Crippen MR) is 88.3 cm³/mol. The topological polar surface area (TPSA) is 57.6 Å². The molecule has 1 aliphatic rings. The number of carbonyl (C=O) groups excluding carboxylic acids is 1. The molecule has 1 aromatic rings. The number of carboxylic acids is 1. The van der Waals surface area contributed by atoms with E-state index in [2.05, 4.69) is 6.92 Å². The molecule has 4 nitrogen and oxygen atoms in total. The van der Waals surface area contributed by atoms with Crippen LogP contribution in [0.3, 0.4) is 0 Å². The van der Waals surface area contributed by atoms with Gasteiger partial charge in [-0.05, 0) is 37.1 Å². The van der Waals surface area contributed by atoms with Crippen LogP contribution in [-0.4, -0.2) is 40.7 Å². The molecule has 120 valence electrons. The van der Waals surface area contributed by atoms with Gasteiger partial charge in [-0.1, -0.05) is 25.5 Å². The lowest BCUT2D eigenvalue weighted by atomic mass is 9.97. The van der Waals surface area contributed by atoms with Crippen LogP contribution in [0.2, 0.25) is 0 Å². The SMILES string of the molecule is CCCCSc1ccccc1C(=O)N1CCC[C@@H](C(=O)O)C1. The molecule has 5 heteroatoms. The number of unbranched alkanes of at least 4 members (excludes halogenated alkanes) is 1. The van der Waals surface area contributed by atoms with Gasteiger partial charge in [0.15, 0.2) is 0 Å². The second-order valence-electron chi connectivity index (χ2n) is 5.63. The summed E-state index contributed by atoms with van der Waals surface area (Å²) < 4.78 is 0. The molecule has 0 saturated carbocycles. The Kier molecular flexibility index (Phi) is 6.31. The van der Waals surface area contributed by atoms with Gasteiger partial charge in [0.25, 0.3) is 5.91 Å². The largest absolute Gasteiger partial charge is 0.481 e. The van der Waals surface area contributed by atoms with Crippen molar-refractivity contribution < 1.29 is 14.7 Å². The molecule has 0 radical (unpaired) electrons. The van der Waals surface area contributed by atoms with Crippen molar-refractivity contribution in [3.63, 3.8) is 0 Å². The fourth-order valence-electron chi connectivity index (χ4n) is 2.63. The maximum atomic E-state index is 12.7. The van der Waals surface area contributed by atoms with E-state index in [9.17, 15) is 9.59 Å². The first-order chi connectivity index (χ1) is 10.6. The van der Waals surface area contributed by atoms with Gasteiger partial charge in [-0.15, -0.1) is 11.8 Å². The number of amides is 1. The quantitative estimate of drug-likeness (QED) is 0.643. The van der Waals surface area contributed by atoms with Crippen molar-refractivity contribution in [3.05, 3.63) is 29.8 Å². The lowest BCUT2D eigenvalue weighted by molar-refractivity contribution is -0.143. The maximum Gasteiger partial charge on any atom is 0.308 e. The number of carboxylic acid groups (broad SMARTS) is 1. The number of rotatable bonds is 6. The van der Waals surface area contributed by atoms with Crippen LogP contribution in [-0.2, 0) is 4.79 Å². The van der Waals surface area contributed by atoms with Gasteiger partial charge in [0.2, 0.25) is 0 Å². The molecule has 0 aromatic heterocycles. The standard InChI is InChI=1S/C17H23NO3S/c1-2-3-11-22-15-9-5-4-8-14(15)16(19)18-10-6-7-13(12-18)17(20)21/h4-5,8-9,13H,2-3,6-7,10-12H2,1H3,(H,20,21)/t13-/m1/s1. The molecule has 1 fully saturated rings. The number of piperidine rings is 1. The first-order valence-corrected chi connectivity index (χ1v) is 8.86. The molecule has 1 atom stereocenters. The highest BCUT2D eigenvalue weighted by Gasteiger charge is 2.29. The Bertz CT molecular complexity index is 532. The van der Waals surface area contributed by atoms with Crippen LogP contribution in [0.25, 0.3) is 0 Å². The van der Waals surface area contributed by atoms with E-state index in [4.69, 9.17) is 5.11 Å². The Balaban J connectivity index is 2.10. The van der Waals surface area contributed by atoms with Crippen molar-refractivity contribution in [1.82, 2.24) is 4.90 Å². The first-order valence-electron chi connectivity index (χ1n) is 7.87. The molecule has 2 rings (SSSR count). The number of hydrogen-bond donors (Lipinski definition) is 1. The third kappa shape index (κ3) is 4.26. The van der Waals surface area contributed by atoms with Crippen molar-refractivity contribution in [3.8, 4) is 0 Å². The highest BCUT2D eigenvalue weighted by atomic mass is 32.2. The molecular formula is C17H23NO3S. The molecule has 22 heavy (non-hydrogen) atoms. The minimum absolute atomic E-state index is 0.0365. The molecule has 1 N–H and O–H groups in total. The van der Waals surface area contributed by atoms with E-state index in [1.165, 1.54) is 0 Å². The van der Waals surface area contributed by atoms with Gasteiger partial charge < -0.3 is 10.0 Å². The van der Waals surface area contributed by atoms with Gasteiger partial charge in [-0.2, -0.15) is 0 Å². The average Bonchev–Trinajstić information content (AvgIpc) is 2.55. The van der Waals surface area contributed by atoms with Gasteiger partial charge >= 0.3 is 5.97 Å². The molecule has 1 heterocycles. The molecule has 1 saturated heterocycles. The molecule has 0 unspecified atom stereocenters. The zero-order valence-electron chi connectivity index (χ0n) is 13.0. The summed E-state index contributed by atoms with van der Waals surface area (Å²) in [5, 5.41) is 9.16. The van der Waals surface area contributed by atoms with Crippen LogP contribution in [0.5, 0.6) is 0 Å². The average molecular weight is 321 g/mol. The van der Waals surface area contributed by atoms with E-state index < -0.39 is 11.9 Å². The summed E-state index contributed by atoms with van der Waals surface area (Å²) in [5.74, 6) is -0.273. The van der Waals surface area contributed by atoms with Crippen LogP contribution in [0.15, 0.2) is 29.2 Å². The molecule has 0 aliphatic carbocycles. The predicted octanol–water partition coefficient (Wildman–Crippen LogP) is 3.52. The fourth-order valence-corrected chi connectivity index (χ4v) is 3.77. The van der Waals surface area contributed by atoms with Crippen molar-refractivity contribution in [2.75, 3.05) is 18.8 Å². The van der Waals surface area contributed by atoms with Gasteiger partial charge in [-0.25, -0.2) is 0 Å². The van der Waals surface area contributed by atoms with E-state index >= 15 is 0 Å². The van der Waals surface area contributed by atoms with Crippen molar-refractivity contribution in [2.45, 2.75) is 37.5 Å². The molecular weight excluding hydrogens is 298 g/mol. The number of aliphatic carboxylic acids is 1. The third-order valence-corrected chi connectivity index (χ3v) is 5.09. The zero-order chi connectivity index (χ0) is 15.9. The van der Waals surface area contributed by atoms with Crippen LogP contribution >= 0.6 is 11.8 Å². The van der Waals surface area contributed by atoms with Gasteiger partial charge in [-0.3, -0.25) is 9.59 Å². The molecule has 0 spiro atoms. The van der Waals surface area contributed by atoms with E-state index in [-0.39, 0.29) is 5.91 Å². The number of likely N-dealkylation sites (tertiary alicyclic amines) is 1. The van der Waals surface area contributed by atoms with Gasteiger partial charge in [0, 0.05) is 18.0 Å². The highest BCUT2D eigenvalue weighted by molar-refractivity contribution is 7.99. The third-order valence-electron chi connectivity index (χ3n) is 3.93. The van der Waals surface area contributed by atoms with Crippen LogP contribution in [0.4, 0.5) is 0 Å². The Morgan fingerprint density at radius 1 is 1.36 bits per heavy atom. The second-order valence-corrected chi connectivity index (χ2v) is 6.76. The Hall–Kier alpha value is -1.49. The summed E-state index contributed by atoms with van der Waals surface area (Å²) in [6, 6.07) is 7.64. The summed E-state index contributed by atoms with van der Waals surface area (Å²) in [5.41, 5.74) is 0.703. The Morgan fingerprint density at radius 2 is 2.14 bits per heavy atom. The van der Waals surface area contributed by atoms with Crippen LogP contribution < -0.4 is 0 Å². The summed E-state index contributed by atoms with van der Waals surface area (Å²) >= 11 is 1.71. The summed E-state index contributed by atoms with van der Waals surface area (Å²) in [6.07, 6.45) is 3.67. The number of carbonyl (C=O) groups is 2. The van der Waals surface area contributed by atoms with Gasteiger partial charge in [0.1, 0.15) is 0 Å². The monoisotopic (exact) mass is 321 g/mol. The number of hydrogen-bond acceptors (Lipinski definition) is 3. The number of thioether (sulfide) groups is 1. The second kappa shape index (κ2) is 8.22. The van der Waals surface area contributed by atoms with Crippen molar-refractivity contribution in [2.24, 2.45) is 5.92 Å². The number of nitrogens with zero attached hydrogens (tertiary/aromatic N) is 1. The number of benzene rings is 1. The molecule has 1 aliphatic heterocycles. The van der Waals surface area contributed by atoms with Crippen molar-refractivity contribution in [1.29, 1.82) is 0 Å². The molecule has 1 amide bonds. The van der Waals surface area contributed by atoms with E-state index in [0.29, 0.717) is 25.1 Å². The van der Waals surface area contributed by atoms with Crippen molar-refractivity contribution >= 4 is 23.6 Å². The van der Waals surface area contributed by atoms with Gasteiger partial charge in [0.05, 0.1) is 11.5 Å². The normalized spacial score (nSPS) is 18.2. The summed E-state index contributed by atoms with van der Waals surface area (Å²) in [6.45, 7) is 3.12. The van der Waals surface area contributed by atoms with Crippen LogP contribution in [0.1, 0.15) is 43.0 Å².